The van der Waals surface area contributed by atoms with Gasteiger partial charge in [-0.2, -0.15) is 4.98 Å². The van der Waals surface area contributed by atoms with E-state index >= 15 is 0 Å². The number of anilines is 3. The molecule has 0 saturated carbocycles. The summed E-state index contributed by atoms with van der Waals surface area (Å²) in [6.07, 6.45) is 0.944. The maximum atomic E-state index is 4.72. The summed E-state index contributed by atoms with van der Waals surface area (Å²) >= 11 is 0. The molecule has 4 nitrogen and oxygen atoms in total. The van der Waals surface area contributed by atoms with Gasteiger partial charge in [-0.3, -0.25) is 0 Å². The Kier molecular flexibility index (Phi) is 4.97. The van der Waals surface area contributed by atoms with Crippen molar-refractivity contribution in [3.05, 3.63) is 90.0 Å². The van der Waals surface area contributed by atoms with Gasteiger partial charge in [0.2, 0.25) is 5.95 Å². The van der Waals surface area contributed by atoms with Gasteiger partial charge in [-0.15, -0.1) is 0 Å². The summed E-state index contributed by atoms with van der Waals surface area (Å²) in [6.45, 7) is 2.89. The van der Waals surface area contributed by atoms with E-state index in [1.54, 1.807) is 0 Å². The van der Waals surface area contributed by atoms with Crippen LogP contribution in [0.15, 0.2) is 78.9 Å². The molecule has 134 valence electrons. The van der Waals surface area contributed by atoms with Gasteiger partial charge in [0.15, 0.2) is 0 Å². The Morgan fingerprint density at radius 2 is 1.63 bits per heavy atom. The van der Waals surface area contributed by atoms with Gasteiger partial charge in [-0.25, -0.2) is 4.98 Å². The first-order chi connectivity index (χ1) is 13.3. The van der Waals surface area contributed by atoms with Crippen molar-refractivity contribution in [3.8, 4) is 0 Å². The number of rotatable bonds is 6. The Morgan fingerprint density at radius 1 is 0.815 bits per heavy atom. The number of hydrogen-bond donors (Lipinski definition) is 2. The maximum Gasteiger partial charge on any atom is 0.229 e. The molecule has 0 amide bonds. The lowest BCUT2D eigenvalue weighted by atomic mass is 10.1. The largest absolute Gasteiger partial charge is 0.369 e. The summed E-state index contributed by atoms with van der Waals surface area (Å²) in [5.74, 6) is 1.45. The van der Waals surface area contributed by atoms with Crippen LogP contribution in [0.2, 0.25) is 0 Å². The Labute approximate surface area is 159 Å². The van der Waals surface area contributed by atoms with Crippen LogP contribution < -0.4 is 10.6 Å². The molecule has 27 heavy (non-hydrogen) atoms. The van der Waals surface area contributed by atoms with Gasteiger partial charge in [0.05, 0.1) is 5.52 Å². The molecule has 1 aromatic heterocycles. The Bertz CT molecular complexity index is 1040. The zero-order valence-electron chi connectivity index (χ0n) is 15.3. The van der Waals surface area contributed by atoms with E-state index in [0.717, 1.165) is 35.4 Å². The maximum absolute atomic E-state index is 4.72. The highest BCUT2D eigenvalue weighted by molar-refractivity contribution is 5.90. The number of aryl methyl sites for hydroxylation is 1. The highest BCUT2D eigenvalue weighted by Gasteiger charge is 2.08. The molecule has 2 N–H and O–H groups in total. The van der Waals surface area contributed by atoms with Crippen LogP contribution in [0.25, 0.3) is 10.9 Å². The minimum Gasteiger partial charge on any atom is -0.369 e. The van der Waals surface area contributed by atoms with E-state index in [1.165, 1.54) is 11.1 Å². The second kappa shape index (κ2) is 7.87. The van der Waals surface area contributed by atoms with Crippen LogP contribution in [0.1, 0.15) is 11.1 Å². The summed E-state index contributed by atoms with van der Waals surface area (Å²) in [4.78, 5) is 9.39. The van der Waals surface area contributed by atoms with Gasteiger partial charge in [0, 0.05) is 17.6 Å². The second-order valence-corrected chi connectivity index (χ2v) is 6.57. The van der Waals surface area contributed by atoms with Crippen molar-refractivity contribution >= 4 is 28.4 Å². The van der Waals surface area contributed by atoms with Crippen molar-refractivity contribution in [1.29, 1.82) is 0 Å². The molecule has 0 bridgehead atoms. The van der Waals surface area contributed by atoms with E-state index in [0.29, 0.717) is 5.95 Å². The highest BCUT2D eigenvalue weighted by Crippen LogP contribution is 2.24. The van der Waals surface area contributed by atoms with Crippen LogP contribution in [0, 0.1) is 6.92 Å². The molecule has 3 aromatic carbocycles. The van der Waals surface area contributed by atoms with Gasteiger partial charge in [0.25, 0.3) is 0 Å². The second-order valence-electron chi connectivity index (χ2n) is 6.57. The molecule has 1 heterocycles. The number of aromatic nitrogens is 2. The van der Waals surface area contributed by atoms with Gasteiger partial charge < -0.3 is 10.6 Å². The molecular weight excluding hydrogens is 332 g/mol. The summed E-state index contributed by atoms with van der Waals surface area (Å²) in [5.41, 5.74) is 4.41. The molecule has 0 aliphatic carbocycles. The SMILES string of the molecule is Cc1cccc(Nc2nc(NCCc3ccccc3)c3ccccc3n2)c1. The summed E-state index contributed by atoms with van der Waals surface area (Å²) in [6, 6.07) is 26.8. The van der Waals surface area contributed by atoms with Crippen molar-refractivity contribution in [2.75, 3.05) is 17.2 Å². The molecular formula is C23H22N4. The van der Waals surface area contributed by atoms with Crippen LogP contribution in [0.3, 0.4) is 0 Å². The fourth-order valence-electron chi connectivity index (χ4n) is 3.09. The molecule has 4 heteroatoms. The third-order valence-corrected chi connectivity index (χ3v) is 4.43. The van der Waals surface area contributed by atoms with E-state index in [2.05, 4.69) is 65.0 Å². The van der Waals surface area contributed by atoms with Crippen LogP contribution in [-0.4, -0.2) is 16.5 Å². The van der Waals surface area contributed by atoms with Gasteiger partial charge >= 0.3 is 0 Å². The number of nitrogens with one attached hydrogen (secondary N) is 2. The smallest absolute Gasteiger partial charge is 0.229 e. The molecule has 0 unspecified atom stereocenters. The Balaban J connectivity index is 1.58. The van der Waals surface area contributed by atoms with E-state index in [-0.39, 0.29) is 0 Å². The minimum absolute atomic E-state index is 0.599. The van der Waals surface area contributed by atoms with Crippen LogP contribution in [0.4, 0.5) is 17.5 Å². The quantitative estimate of drug-likeness (QED) is 0.491. The molecule has 0 saturated heterocycles. The molecule has 4 aromatic rings. The third kappa shape index (κ3) is 4.23. The summed E-state index contributed by atoms with van der Waals surface area (Å²) < 4.78 is 0. The lowest BCUT2D eigenvalue weighted by molar-refractivity contribution is 1.01. The van der Waals surface area contributed by atoms with Gasteiger partial charge in [0.1, 0.15) is 5.82 Å². The first-order valence-corrected chi connectivity index (χ1v) is 9.16. The van der Waals surface area contributed by atoms with Crippen LogP contribution in [0.5, 0.6) is 0 Å². The molecule has 0 aliphatic heterocycles. The summed E-state index contributed by atoms with van der Waals surface area (Å²) in [5, 5.41) is 7.83. The van der Waals surface area contributed by atoms with Crippen molar-refractivity contribution in [1.82, 2.24) is 9.97 Å². The summed E-state index contributed by atoms with van der Waals surface area (Å²) in [7, 11) is 0. The average Bonchev–Trinajstić information content (AvgIpc) is 2.69. The van der Waals surface area contributed by atoms with Gasteiger partial charge in [-0.05, 0) is 48.7 Å². The van der Waals surface area contributed by atoms with Crippen LogP contribution >= 0.6 is 0 Å². The standard InChI is InChI=1S/C23H22N4/c1-17-8-7-11-19(16-17)25-23-26-21-13-6-5-12-20(21)22(27-23)24-15-14-18-9-3-2-4-10-18/h2-13,16H,14-15H2,1H3,(H2,24,25,26,27). The number of hydrogen-bond acceptors (Lipinski definition) is 4. The lowest BCUT2D eigenvalue weighted by Crippen LogP contribution is -2.09. The normalized spacial score (nSPS) is 10.7. The van der Waals surface area contributed by atoms with Crippen molar-refractivity contribution in [2.24, 2.45) is 0 Å². The molecule has 0 radical (unpaired) electrons. The number of nitrogens with zero attached hydrogens (tertiary/aromatic N) is 2. The zero-order chi connectivity index (χ0) is 18.5. The van der Waals surface area contributed by atoms with Crippen molar-refractivity contribution in [3.63, 3.8) is 0 Å². The van der Waals surface area contributed by atoms with Crippen molar-refractivity contribution in [2.45, 2.75) is 13.3 Å². The molecule has 0 fully saturated rings. The van der Waals surface area contributed by atoms with Crippen molar-refractivity contribution < 1.29 is 0 Å². The fraction of sp³-hybridized carbons (Fsp3) is 0.130. The molecule has 4 rings (SSSR count). The third-order valence-electron chi connectivity index (χ3n) is 4.43. The zero-order valence-corrected chi connectivity index (χ0v) is 15.3. The Morgan fingerprint density at radius 3 is 2.48 bits per heavy atom. The Hall–Kier alpha value is -3.40. The number of benzene rings is 3. The van der Waals surface area contributed by atoms with E-state index in [4.69, 9.17) is 4.98 Å². The predicted molar refractivity (Wildman–Crippen MR) is 113 cm³/mol. The van der Waals surface area contributed by atoms with E-state index in [1.807, 2.05) is 36.4 Å². The fourth-order valence-corrected chi connectivity index (χ4v) is 3.09. The topological polar surface area (TPSA) is 49.8 Å². The molecule has 0 aliphatic rings. The van der Waals surface area contributed by atoms with Crippen LogP contribution in [-0.2, 0) is 6.42 Å². The van der Waals surface area contributed by atoms with Gasteiger partial charge in [-0.1, -0.05) is 54.6 Å². The monoisotopic (exact) mass is 354 g/mol. The molecule has 0 spiro atoms. The molecule has 0 atom stereocenters. The predicted octanol–water partition coefficient (Wildman–Crippen LogP) is 5.34. The minimum atomic E-state index is 0.599. The first-order valence-electron chi connectivity index (χ1n) is 9.16. The van der Waals surface area contributed by atoms with E-state index in [9.17, 15) is 0 Å². The number of fused-ring (bicyclic) bond motifs is 1. The highest BCUT2D eigenvalue weighted by atomic mass is 15.1. The van der Waals surface area contributed by atoms with E-state index < -0.39 is 0 Å². The number of para-hydroxylation sites is 1. The average molecular weight is 354 g/mol. The lowest BCUT2D eigenvalue weighted by Gasteiger charge is -2.12. The first kappa shape index (κ1) is 17.0.